The Kier molecular flexibility index (Phi) is 8.79. The number of hydrogen-bond donors (Lipinski definition) is 0. The first-order valence-electron chi connectivity index (χ1n) is 23.4. The molecule has 0 fully saturated rings. The van der Waals surface area contributed by atoms with E-state index in [0.717, 1.165) is 82.7 Å². The Morgan fingerprint density at radius 3 is 1.38 bits per heavy atom. The molecule has 0 radical (unpaired) electrons. The first-order chi connectivity index (χ1) is 34.2. The van der Waals surface area contributed by atoms with E-state index in [-0.39, 0.29) is 0 Å². The van der Waals surface area contributed by atoms with Crippen LogP contribution in [0.3, 0.4) is 0 Å². The summed E-state index contributed by atoms with van der Waals surface area (Å²) < 4.78 is 7.05. The molecule has 0 aliphatic rings. The quantitative estimate of drug-likeness (QED) is 0.160. The zero-order chi connectivity index (χ0) is 45.4. The molecule has 14 aromatic rings. The van der Waals surface area contributed by atoms with Gasteiger partial charge in [-0.1, -0.05) is 182 Å². The number of fused-ring (bicyclic) bond motifs is 10. The Labute approximate surface area is 397 Å². The number of rotatable bonds is 7. The summed E-state index contributed by atoms with van der Waals surface area (Å²) in [6.45, 7) is 0. The molecule has 0 saturated carbocycles. The third-order valence-corrected chi connectivity index (χ3v) is 13.7. The van der Waals surface area contributed by atoms with Crippen molar-refractivity contribution in [2.45, 2.75) is 0 Å². The third kappa shape index (κ3) is 6.16. The van der Waals surface area contributed by atoms with E-state index in [1.165, 1.54) is 27.5 Å². The van der Waals surface area contributed by atoms with Crippen LogP contribution >= 0.6 is 0 Å². The second-order valence-electron chi connectivity index (χ2n) is 17.6. The molecule has 4 heterocycles. The van der Waals surface area contributed by atoms with Gasteiger partial charge in [0, 0.05) is 54.8 Å². The van der Waals surface area contributed by atoms with Crippen molar-refractivity contribution in [3.05, 3.63) is 243 Å². The van der Waals surface area contributed by atoms with Crippen LogP contribution in [0.5, 0.6) is 0 Å². The molecule has 6 nitrogen and oxygen atoms in total. The molecule has 10 aromatic carbocycles. The van der Waals surface area contributed by atoms with E-state index in [1.807, 2.05) is 18.2 Å². The molecule has 0 bridgehead atoms. The van der Waals surface area contributed by atoms with Crippen LogP contribution in [0.4, 0.5) is 0 Å². The second kappa shape index (κ2) is 15.6. The molecule has 0 spiro atoms. The standard InChI is InChI=1S/C63H40N6/c1-4-19-41(20-5-1)47-27-10-11-28-48(47)43-23-18-26-46(39-43)68-56-33-16-12-29-49(56)52-36-37-53-50-30-13-17-34-57(50)69(60(53)59(52)68)63-65-61(42-21-6-2-7-22-42)64-62(66-63)44-35-38-58-54(40-44)51-31-14-15-32-55(51)67(58)45-24-8-3-9-25-45/h1-40H. The molecule has 69 heavy (non-hydrogen) atoms. The van der Waals surface area contributed by atoms with E-state index < -0.39 is 0 Å². The normalized spacial score (nSPS) is 11.8. The van der Waals surface area contributed by atoms with Crippen molar-refractivity contribution < 1.29 is 0 Å². The van der Waals surface area contributed by atoms with Crippen LogP contribution in [0.15, 0.2) is 243 Å². The van der Waals surface area contributed by atoms with Crippen LogP contribution in [0.2, 0.25) is 0 Å². The Bertz CT molecular complexity index is 4300. The minimum Gasteiger partial charge on any atom is -0.309 e. The summed E-state index contributed by atoms with van der Waals surface area (Å²) in [5, 5.41) is 6.86. The molecule has 0 atom stereocenters. The van der Waals surface area contributed by atoms with Gasteiger partial charge in [0.2, 0.25) is 5.95 Å². The second-order valence-corrected chi connectivity index (χ2v) is 17.6. The minimum absolute atomic E-state index is 0.548. The molecule has 0 unspecified atom stereocenters. The van der Waals surface area contributed by atoms with Crippen molar-refractivity contribution in [1.82, 2.24) is 28.7 Å². The van der Waals surface area contributed by atoms with Gasteiger partial charge in [0.25, 0.3) is 0 Å². The largest absolute Gasteiger partial charge is 0.309 e. The van der Waals surface area contributed by atoms with Gasteiger partial charge in [-0.15, -0.1) is 0 Å². The van der Waals surface area contributed by atoms with Crippen molar-refractivity contribution in [2.24, 2.45) is 0 Å². The van der Waals surface area contributed by atoms with Gasteiger partial charge >= 0.3 is 0 Å². The highest BCUT2D eigenvalue weighted by atomic mass is 15.2. The molecular weight excluding hydrogens is 841 g/mol. The van der Waals surface area contributed by atoms with Gasteiger partial charge in [-0.2, -0.15) is 9.97 Å². The van der Waals surface area contributed by atoms with E-state index >= 15 is 0 Å². The zero-order valence-electron chi connectivity index (χ0n) is 37.3. The smallest absolute Gasteiger partial charge is 0.238 e. The molecule has 6 heteroatoms. The lowest BCUT2D eigenvalue weighted by Crippen LogP contribution is -2.07. The molecule has 322 valence electrons. The number of aromatic nitrogens is 6. The van der Waals surface area contributed by atoms with Crippen LogP contribution in [0.25, 0.3) is 128 Å². The van der Waals surface area contributed by atoms with Crippen LogP contribution in [0, 0.1) is 0 Å². The van der Waals surface area contributed by atoms with E-state index in [0.29, 0.717) is 17.6 Å². The predicted molar refractivity (Wildman–Crippen MR) is 285 cm³/mol. The van der Waals surface area contributed by atoms with E-state index in [1.54, 1.807) is 0 Å². The van der Waals surface area contributed by atoms with Crippen molar-refractivity contribution >= 4 is 65.4 Å². The van der Waals surface area contributed by atoms with Gasteiger partial charge in [-0.05, 0) is 82.9 Å². The Balaban J connectivity index is 1.04. The van der Waals surface area contributed by atoms with Crippen molar-refractivity contribution in [1.29, 1.82) is 0 Å². The molecule has 0 amide bonds. The Morgan fingerprint density at radius 2 is 0.710 bits per heavy atom. The monoisotopic (exact) mass is 880 g/mol. The number of benzene rings is 10. The maximum Gasteiger partial charge on any atom is 0.238 e. The van der Waals surface area contributed by atoms with Crippen molar-refractivity contribution in [3.63, 3.8) is 0 Å². The van der Waals surface area contributed by atoms with Gasteiger partial charge in [-0.3, -0.25) is 4.57 Å². The summed E-state index contributed by atoms with van der Waals surface area (Å²) in [5.41, 5.74) is 15.2. The fourth-order valence-corrected chi connectivity index (χ4v) is 10.7. The number of nitrogens with zero attached hydrogens (tertiary/aromatic N) is 6. The highest BCUT2D eigenvalue weighted by Gasteiger charge is 2.24. The topological polar surface area (TPSA) is 53.5 Å². The van der Waals surface area contributed by atoms with E-state index in [4.69, 9.17) is 15.0 Å². The lowest BCUT2D eigenvalue weighted by Gasteiger charge is -2.15. The molecular formula is C63H40N6. The fraction of sp³-hybridized carbons (Fsp3) is 0. The summed E-state index contributed by atoms with van der Waals surface area (Å²) in [5.74, 6) is 1.75. The lowest BCUT2D eigenvalue weighted by molar-refractivity contribution is 0.953. The minimum atomic E-state index is 0.548. The van der Waals surface area contributed by atoms with Crippen molar-refractivity contribution in [2.75, 3.05) is 0 Å². The van der Waals surface area contributed by atoms with Gasteiger partial charge in [0.15, 0.2) is 11.6 Å². The SMILES string of the molecule is c1ccc(-c2nc(-c3ccc4c(c3)c3ccccc3n4-c3ccccc3)nc(-n3c4ccccc4c4ccc5c6ccccc6n(-c6cccc(-c7ccccc7-c7ccccc7)c6)c5c43)n2)cc1. The summed E-state index contributed by atoms with van der Waals surface area (Å²) in [6, 6.07) is 86.3. The third-order valence-electron chi connectivity index (χ3n) is 13.7. The summed E-state index contributed by atoms with van der Waals surface area (Å²) in [7, 11) is 0. The highest BCUT2D eigenvalue weighted by Crippen LogP contribution is 2.43. The number of hydrogen-bond acceptors (Lipinski definition) is 3. The fourth-order valence-electron chi connectivity index (χ4n) is 10.7. The van der Waals surface area contributed by atoms with Gasteiger partial charge in [-0.25, -0.2) is 4.98 Å². The summed E-state index contributed by atoms with van der Waals surface area (Å²) >= 11 is 0. The molecule has 0 saturated heterocycles. The molecule has 4 aromatic heterocycles. The zero-order valence-corrected chi connectivity index (χ0v) is 37.3. The van der Waals surface area contributed by atoms with Crippen LogP contribution < -0.4 is 0 Å². The summed E-state index contributed by atoms with van der Waals surface area (Å²) in [4.78, 5) is 16.2. The van der Waals surface area contributed by atoms with Crippen LogP contribution in [-0.2, 0) is 0 Å². The lowest BCUT2D eigenvalue weighted by atomic mass is 9.94. The highest BCUT2D eigenvalue weighted by molar-refractivity contribution is 6.23. The average Bonchev–Trinajstić information content (AvgIpc) is 4.07. The Hall–Kier alpha value is -9.39. The molecule has 14 rings (SSSR count). The van der Waals surface area contributed by atoms with Gasteiger partial charge in [0.05, 0.1) is 33.1 Å². The van der Waals surface area contributed by atoms with E-state index in [9.17, 15) is 0 Å². The number of para-hydroxylation sites is 4. The average molecular weight is 881 g/mol. The molecule has 0 aliphatic carbocycles. The molecule has 0 N–H and O–H groups in total. The maximum atomic E-state index is 5.50. The summed E-state index contributed by atoms with van der Waals surface area (Å²) in [6.07, 6.45) is 0. The Morgan fingerprint density at radius 1 is 0.246 bits per heavy atom. The predicted octanol–water partition coefficient (Wildman–Crippen LogP) is 15.8. The van der Waals surface area contributed by atoms with Crippen LogP contribution in [-0.4, -0.2) is 28.7 Å². The molecule has 0 aliphatic heterocycles. The van der Waals surface area contributed by atoms with Gasteiger partial charge < -0.3 is 9.13 Å². The first-order valence-corrected chi connectivity index (χ1v) is 23.4. The van der Waals surface area contributed by atoms with E-state index in [2.05, 4.69) is 238 Å². The first kappa shape index (κ1) is 38.8. The van der Waals surface area contributed by atoms with Crippen molar-refractivity contribution in [3.8, 4) is 62.4 Å². The van der Waals surface area contributed by atoms with Crippen LogP contribution in [0.1, 0.15) is 0 Å². The maximum absolute atomic E-state index is 5.50. The van der Waals surface area contributed by atoms with Gasteiger partial charge in [0.1, 0.15) is 0 Å².